The average molecular weight is 561 g/mol. The molecule has 3 aliphatic rings. The molecule has 13 heteroatoms. The molecule has 0 fully saturated rings. The van der Waals surface area contributed by atoms with Crippen LogP contribution in [0.3, 0.4) is 0 Å². The summed E-state index contributed by atoms with van der Waals surface area (Å²) in [7, 11) is -2.02. The molecule has 3 amide bonds. The highest BCUT2D eigenvalue weighted by molar-refractivity contribution is 7.91. The summed E-state index contributed by atoms with van der Waals surface area (Å²) in [5, 5.41) is 23.5. The maximum absolute atomic E-state index is 13.4. The normalized spacial score (nSPS) is 21.2. The minimum atomic E-state index is -3.67. The van der Waals surface area contributed by atoms with Crippen molar-refractivity contribution in [3.05, 3.63) is 34.5 Å². The minimum absolute atomic E-state index is 0.0375. The Morgan fingerprint density at radius 1 is 1.33 bits per heavy atom. The molecule has 12 nitrogen and oxygen atoms in total. The Morgan fingerprint density at radius 2 is 2.10 bits per heavy atom. The lowest BCUT2D eigenvalue weighted by atomic mass is 9.98. The highest BCUT2D eigenvalue weighted by atomic mass is 32.2. The van der Waals surface area contributed by atoms with Crippen LogP contribution in [0.2, 0.25) is 0 Å². The number of amides is 3. The first-order valence-electron chi connectivity index (χ1n) is 13.2. The van der Waals surface area contributed by atoms with E-state index in [9.17, 15) is 18.9 Å². The van der Waals surface area contributed by atoms with Crippen molar-refractivity contribution in [3.63, 3.8) is 0 Å². The van der Waals surface area contributed by atoms with Crippen LogP contribution in [0.1, 0.15) is 62.0 Å². The van der Waals surface area contributed by atoms with Crippen LogP contribution in [-0.2, 0) is 40.5 Å². The van der Waals surface area contributed by atoms with Gasteiger partial charge in [0.15, 0.2) is 9.92 Å². The van der Waals surface area contributed by atoms with E-state index in [0.29, 0.717) is 31.6 Å². The number of anilines is 1. The van der Waals surface area contributed by atoms with Gasteiger partial charge in [-0.3, -0.25) is 0 Å². The number of aliphatic hydroxyl groups excluding tert-OH is 1. The van der Waals surface area contributed by atoms with Gasteiger partial charge in [-0.15, -0.1) is 4.36 Å². The summed E-state index contributed by atoms with van der Waals surface area (Å²) >= 11 is 0. The number of hydrogen-bond acceptors (Lipinski definition) is 7. The Balaban J connectivity index is 1.31. The van der Waals surface area contributed by atoms with Crippen LogP contribution in [0.5, 0.6) is 5.88 Å². The molecule has 1 aromatic heterocycles. The molecular weight excluding hydrogens is 524 g/mol. The van der Waals surface area contributed by atoms with Gasteiger partial charge in [0.1, 0.15) is 10.5 Å². The van der Waals surface area contributed by atoms with Crippen molar-refractivity contribution in [2.24, 2.45) is 15.4 Å². The zero-order valence-corrected chi connectivity index (χ0v) is 23.5. The lowest BCUT2D eigenvalue weighted by Gasteiger charge is -2.30. The molecule has 2 aliphatic carbocycles. The number of nitrogens with zero attached hydrogens (tertiary/aromatic N) is 4. The van der Waals surface area contributed by atoms with Gasteiger partial charge in [-0.1, -0.05) is 6.07 Å². The molecule has 212 valence electrons. The summed E-state index contributed by atoms with van der Waals surface area (Å²) in [6.07, 6.45) is 4.24. The first kappa shape index (κ1) is 27.4. The molecule has 2 aromatic rings. The van der Waals surface area contributed by atoms with Crippen molar-refractivity contribution < 1.29 is 28.4 Å². The molecule has 3 atom stereocenters. The van der Waals surface area contributed by atoms with Crippen LogP contribution in [0.15, 0.2) is 21.5 Å². The number of carbonyl (C=O) groups excluding carboxylic acids is 2. The Hall–Kier alpha value is -3.16. The van der Waals surface area contributed by atoms with Crippen molar-refractivity contribution in [2.75, 3.05) is 25.5 Å². The smallest absolute Gasteiger partial charge is 0.410 e. The highest BCUT2D eigenvalue weighted by Gasteiger charge is 2.32. The summed E-state index contributed by atoms with van der Waals surface area (Å²) in [4.78, 5) is 26.8. The maximum atomic E-state index is 13.4. The second kappa shape index (κ2) is 10.1. The number of aliphatic hydroxyl groups is 1. The largest absolute Gasteiger partial charge is 0.476 e. The van der Waals surface area contributed by atoms with Gasteiger partial charge in [-0.05, 0) is 75.1 Å². The van der Waals surface area contributed by atoms with E-state index in [1.54, 1.807) is 27.8 Å². The van der Waals surface area contributed by atoms with Crippen LogP contribution in [-0.4, -0.2) is 61.9 Å². The fourth-order valence-corrected chi connectivity index (χ4v) is 6.51. The molecule has 4 N–H and O–H groups in total. The molecule has 3 unspecified atom stereocenters. The van der Waals surface area contributed by atoms with Gasteiger partial charge in [-0.25, -0.2) is 23.6 Å². The number of nitrogens with one attached hydrogen (secondary N) is 1. The zero-order chi connectivity index (χ0) is 28.1. The van der Waals surface area contributed by atoms with Gasteiger partial charge in [-0.2, -0.15) is 5.10 Å². The standard InChI is InChI=1S/C26H36N6O6S/c1-26(2,3)38-25(35)31(4)12-15-13-32-23(37-14-15)21(11-28-32)39(27,36)30-24(34)29-22-17-7-5-6-16(17)10-19-18(22)8-9-20(19)33/h10-11,15,20,33H,5-9,12-14H2,1-4H3,(H3,27,29,30,34,36). The SMILES string of the molecule is CN(CC1COc2c(S(N)(=O)=NC(=O)Nc3c4c(cc5c3CCC5O)CCC4)cnn2C1)C(=O)OC(C)(C)C. The molecule has 0 saturated heterocycles. The number of ether oxygens (including phenoxy) is 2. The summed E-state index contributed by atoms with van der Waals surface area (Å²) in [6, 6.07) is 1.22. The second-order valence-electron chi connectivity index (χ2n) is 11.5. The molecule has 0 bridgehead atoms. The van der Waals surface area contributed by atoms with Crippen molar-refractivity contribution in [1.29, 1.82) is 0 Å². The Kier molecular flexibility index (Phi) is 7.10. The molecule has 2 heterocycles. The predicted molar refractivity (Wildman–Crippen MR) is 144 cm³/mol. The summed E-state index contributed by atoms with van der Waals surface area (Å²) < 4.78 is 30.0. The van der Waals surface area contributed by atoms with Gasteiger partial charge in [0, 0.05) is 25.2 Å². The Bertz CT molecular complexity index is 1440. The van der Waals surface area contributed by atoms with Gasteiger partial charge >= 0.3 is 12.1 Å². The van der Waals surface area contributed by atoms with Gasteiger partial charge < -0.3 is 24.8 Å². The van der Waals surface area contributed by atoms with Crippen molar-refractivity contribution >= 4 is 27.7 Å². The summed E-state index contributed by atoms with van der Waals surface area (Å²) in [6.45, 7) is 6.42. The van der Waals surface area contributed by atoms with Gasteiger partial charge in [0.25, 0.3) is 0 Å². The number of fused-ring (bicyclic) bond motifs is 3. The lowest BCUT2D eigenvalue weighted by molar-refractivity contribution is 0.0232. The topological polar surface area (TPSA) is 161 Å². The Morgan fingerprint density at radius 3 is 2.85 bits per heavy atom. The molecule has 0 saturated carbocycles. The number of aromatic nitrogens is 2. The van der Waals surface area contributed by atoms with Crippen LogP contribution < -0.4 is 15.2 Å². The monoisotopic (exact) mass is 560 g/mol. The fraction of sp³-hybridized carbons (Fsp3) is 0.577. The maximum Gasteiger partial charge on any atom is 0.410 e. The number of carbonyl (C=O) groups is 2. The first-order valence-corrected chi connectivity index (χ1v) is 14.7. The third kappa shape index (κ3) is 5.61. The third-order valence-corrected chi connectivity index (χ3v) is 8.57. The molecule has 39 heavy (non-hydrogen) atoms. The molecule has 5 rings (SSSR count). The quantitative estimate of drug-likeness (QED) is 0.517. The van der Waals surface area contributed by atoms with E-state index in [4.69, 9.17) is 14.6 Å². The van der Waals surface area contributed by atoms with E-state index >= 15 is 0 Å². The van der Waals surface area contributed by atoms with Gasteiger partial charge in [0.2, 0.25) is 5.88 Å². The lowest BCUT2D eigenvalue weighted by Crippen LogP contribution is -2.40. The number of benzene rings is 1. The highest BCUT2D eigenvalue weighted by Crippen LogP contribution is 2.42. The fourth-order valence-electron chi connectivity index (χ4n) is 5.51. The zero-order valence-electron chi connectivity index (χ0n) is 22.7. The average Bonchev–Trinajstić information content (AvgIpc) is 3.56. The second-order valence-corrected chi connectivity index (χ2v) is 13.2. The molecular formula is C26H36N6O6S. The summed E-state index contributed by atoms with van der Waals surface area (Å²) in [5.41, 5.74) is 3.96. The Labute approximate surface area is 228 Å². The van der Waals surface area contributed by atoms with E-state index in [1.807, 2.05) is 6.07 Å². The van der Waals surface area contributed by atoms with E-state index < -0.39 is 33.7 Å². The van der Waals surface area contributed by atoms with Gasteiger partial charge in [0.05, 0.1) is 25.5 Å². The van der Waals surface area contributed by atoms with E-state index in [0.717, 1.165) is 41.5 Å². The first-order chi connectivity index (χ1) is 18.3. The minimum Gasteiger partial charge on any atom is -0.476 e. The summed E-state index contributed by atoms with van der Waals surface area (Å²) in [5.74, 6) is 0.106. The van der Waals surface area contributed by atoms with E-state index in [2.05, 4.69) is 14.8 Å². The predicted octanol–water partition coefficient (Wildman–Crippen LogP) is 3.16. The van der Waals surface area contributed by atoms with Crippen LogP contribution in [0.25, 0.3) is 0 Å². The number of aryl methyl sites for hydroxylation is 1. The van der Waals surface area contributed by atoms with E-state index in [1.165, 1.54) is 15.8 Å². The van der Waals surface area contributed by atoms with E-state index in [-0.39, 0.29) is 23.3 Å². The number of nitrogens with two attached hydrogens (primary N) is 1. The molecule has 1 aliphatic heterocycles. The van der Waals surface area contributed by atoms with Crippen LogP contribution in [0, 0.1) is 5.92 Å². The number of hydrogen-bond donors (Lipinski definition) is 3. The third-order valence-electron chi connectivity index (χ3n) is 7.22. The van der Waals surface area contributed by atoms with Crippen molar-refractivity contribution in [1.82, 2.24) is 14.7 Å². The molecule has 0 radical (unpaired) electrons. The van der Waals surface area contributed by atoms with Crippen molar-refractivity contribution in [2.45, 2.75) is 76.0 Å². The van der Waals surface area contributed by atoms with Crippen molar-refractivity contribution in [3.8, 4) is 5.88 Å². The van der Waals surface area contributed by atoms with Crippen LogP contribution in [0.4, 0.5) is 15.3 Å². The number of urea groups is 1. The number of rotatable bonds is 4. The molecule has 1 aromatic carbocycles. The molecule has 0 spiro atoms. The van der Waals surface area contributed by atoms with Crippen LogP contribution >= 0.6 is 0 Å².